The van der Waals surface area contributed by atoms with Crippen LogP contribution in [0.4, 0.5) is 0 Å². The van der Waals surface area contributed by atoms with Gasteiger partial charge in [-0.3, -0.25) is 0 Å². The van der Waals surface area contributed by atoms with Crippen LogP contribution in [0.5, 0.6) is 0 Å². The Kier molecular flexibility index (Phi) is 3.65. The first-order chi connectivity index (χ1) is 8.90. The van der Waals surface area contributed by atoms with Crippen LogP contribution in [0.25, 0.3) is 0 Å². The first kappa shape index (κ1) is 13.7. The van der Waals surface area contributed by atoms with E-state index in [2.05, 4.69) is 4.99 Å². The van der Waals surface area contributed by atoms with Crippen molar-refractivity contribution in [1.29, 1.82) is 0 Å². The monoisotopic (exact) mass is 283 g/mol. The number of benzene rings is 1. The highest BCUT2D eigenvalue weighted by Gasteiger charge is 2.28. The summed E-state index contributed by atoms with van der Waals surface area (Å²) in [4.78, 5) is 15.1. The number of aliphatic imine (C=N–C) groups is 1. The zero-order chi connectivity index (χ0) is 14.0. The Morgan fingerprint density at radius 3 is 2.42 bits per heavy atom. The number of esters is 1. The van der Waals surface area contributed by atoms with Gasteiger partial charge in [0.25, 0.3) is 0 Å². The molecule has 1 aliphatic rings. The van der Waals surface area contributed by atoms with Crippen LogP contribution in [0.1, 0.15) is 5.56 Å². The maximum absolute atomic E-state index is 11.4. The quantitative estimate of drug-likeness (QED) is 0.582. The molecule has 0 saturated carbocycles. The van der Waals surface area contributed by atoms with Gasteiger partial charge in [0.2, 0.25) is 5.90 Å². The average molecular weight is 283 g/mol. The van der Waals surface area contributed by atoms with E-state index in [1.165, 1.54) is 24.3 Å². The van der Waals surface area contributed by atoms with E-state index in [9.17, 15) is 17.8 Å². The molecule has 2 N–H and O–H groups in total. The summed E-state index contributed by atoms with van der Waals surface area (Å²) in [5, 5.41) is 0. The van der Waals surface area contributed by atoms with Crippen molar-refractivity contribution < 1.29 is 22.5 Å². The van der Waals surface area contributed by atoms with E-state index < -0.39 is 22.1 Å². The number of rotatable bonds is 4. The number of cyclic esters (lactones) is 1. The minimum Gasteiger partial charge on any atom is -0.744 e. The third-order valence-electron chi connectivity index (χ3n) is 2.61. The van der Waals surface area contributed by atoms with Crippen molar-refractivity contribution in [1.82, 2.24) is 0 Å². The Labute approximate surface area is 109 Å². The standard InChI is InChI=1S/C11H12N2O5S/c12-6-10-13-9(11(14)18-10)5-7-1-3-8(4-2-7)19(15,16)17/h1-4,9H,5-6,12H2,(H,15,16,17)/p-1. The number of carbonyl (C=O) groups is 1. The fourth-order valence-electron chi connectivity index (χ4n) is 1.68. The maximum atomic E-state index is 11.4. The predicted octanol–water partition coefficient (Wildman–Crippen LogP) is -0.584. The molecule has 0 saturated heterocycles. The third-order valence-corrected chi connectivity index (χ3v) is 3.46. The molecule has 0 bridgehead atoms. The molecule has 0 radical (unpaired) electrons. The largest absolute Gasteiger partial charge is 0.744 e. The molecule has 1 aromatic carbocycles. The highest BCUT2D eigenvalue weighted by Crippen LogP contribution is 2.15. The van der Waals surface area contributed by atoms with Gasteiger partial charge in [-0.05, 0) is 17.7 Å². The highest BCUT2D eigenvalue weighted by molar-refractivity contribution is 7.85. The lowest BCUT2D eigenvalue weighted by atomic mass is 10.1. The molecule has 102 valence electrons. The second kappa shape index (κ2) is 5.08. The van der Waals surface area contributed by atoms with Crippen LogP contribution < -0.4 is 5.73 Å². The molecule has 0 fully saturated rings. The van der Waals surface area contributed by atoms with Crippen molar-refractivity contribution in [2.75, 3.05) is 6.54 Å². The van der Waals surface area contributed by atoms with E-state index in [4.69, 9.17) is 10.5 Å². The van der Waals surface area contributed by atoms with Crippen LogP contribution >= 0.6 is 0 Å². The molecular weight excluding hydrogens is 272 g/mol. The molecule has 7 nitrogen and oxygen atoms in total. The summed E-state index contributed by atoms with van der Waals surface area (Å²) < 4.78 is 37.1. The number of hydrogen-bond donors (Lipinski definition) is 1. The number of carbonyl (C=O) groups excluding carboxylic acids is 1. The Morgan fingerprint density at radius 1 is 1.32 bits per heavy atom. The Bertz CT molecular complexity index is 621. The second-order valence-corrected chi connectivity index (χ2v) is 5.35. The lowest BCUT2D eigenvalue weighted by Gasteiger charge is -2.08. The predicted molar refractivity (Wildman–Crippen MR) is 64.5 cm³/mol. The van der Waals surface area contributed by atoms with E-state index in [1.807, 2.05) is 0 Å². The van der Waals surface area contributed by atoms with Gasteiger partial charge in [-0.1, -0.05) is 12.1 Å². The van der Waals surface area contributed by atoms with Gasteiger partial charge in [-0.2, -0.15) is 0 Å². The topological polar surface area (TPSA) is 122 Å². The molecule has 0 spiro atoms. The first-order valence-corrected chi connectivity index (χ1v) is 6.84. The summed E-state index contributed by atoms with van der Waals surface area (Å²) in [6.45, 7) is 0.0512. The minimum absolute atomic E-state index is 0.0512. The number of nitrogens with two attached hydrogens (primary N) is 1. The van der Waals surface area contributed by atoms with Gasteiger partial charge in [0.1, 0.15) is 10.1 Å². The lowest BCUT2D eigenvalue weighted by Crippen LogP contribution is -2.19. The van der Waals surface area contributed by atoms with Gasteiger partial charge in [0.15, 0.2) is 6.04 Å². The van der Waals surface area contributed by atoms with E-state index in [0.29, 0.717) is 5.56 Å². The van der Waals surface area contributed by atoms with Gasteiger partial charge >= 0.3 is 5.97 Å². The minimum atomic E-state index is -4.46. The first-order valence-electron chi connectivity index (χ1n) is 5.43. The Hall–Kier alpha value is -1.77. The molecule has 0 aliphatic carbocycles. The van der Waals surface area contributed by atoms with Crippen LogP contribution in [0.2, 0.25) is 0 Å². The second-order valence-electron chi connectivity index (χ2n) is 3.97. The average Bonchev–Trinajstić information content (AvgIpc) is 2.70. The van der Waals surface area contributed by atoms with Gasteiger partial charge in [0, 0.05) is 6.42 Å². The fraction of sp³-hybridized carbons (Fsp3) is 0.273. The van der Waals surface area contributed by atoms with Crippen LogP contribution in [0, 0.1) is 0 Å². The Balaban J connectivity index is 2.13. The van der Waals surface area contributed by atoms with E-state index in [-0.39, 0.29) is 23.8 Å². The molecule has 19 heavy (non-hydrogen) atoms. The molecule has 8 heteroatoms. The maximum Gasteiger partial charge on any atom is 0.337 e. The summed E-state index contributed by atoms with van der Waals surface area (Å²) in [6.07, 6.45) is 0.265. The molecular formula is C11H11N2O5S-. The van der Waals surface area contributed by atoms with Gasteiger partial charge in [0.05, 0.1) is 11.4 Å². The highest BCUT2D eigenvalue weighted by atomic mass is 32.2. The molecule has 0 amide bonds. The van der Waals surface area contributed by atoms with Gasteiger partial charge < -0.3 is 15.0 Å². The van der Waals surface area contributed by atoms with E-state index >= 15 is 0 Å². The number of nitrogens with zero attached hydrogens (tertiary/aromatic N) is 1. The van der Waals surface area contributed by atoms with Crippen LogP contribution in [0.3, 0.4) is 0 Å². The van der Waals surface area contributed by atoms with Crippen LogP contribution in [-0.2, 0) is 26.1 Å². The van der Waals surface area contributed by atoms with Crippen molar-refractivity contribution in [2.45, 2.75) is 17.4 Å². The third kappa shape index (κ3) is 3.16. The summed E-state index contributed by atoms with van der Waals surface area (Å²) >= 11 is 0. The summed E-state index contributed by atoms with van der Waals surface area (Å²) in [6, 6.07) is 4.66. The smallest absolute Gasteiger partial charge is 0.337 e. The number of hydrogen-bond acceptors (Lipinski definition) is 7. The van der Waals surface area contributed by atoms with Gasteiger partial charge in [-0.15, -0.1) is 0 Å². The van der Waals surface area contributed by atoms with Crippen LogP contribution in [0.15, 0.2) is 34.2 Å². The number of ether oxygens (including phenoxy) is 1. The SMILES string of the molecule is NCC1=NC(Cc2ccc(S(=O)(=O)[O-])cc2)C(=O)O1. The molecule has 1 unspecified atom stereocenters. The molecule has 0 aromatic heterocycles. The van der Waals surface area contributed by atoms with Crippen molar-refractivity contribution in [3.63, 3.8) is 0 Å². The van der Waals surface area contributed by atoms with Gasteiger partial charge in [-0.25, -0.2) is 18.2 Å². The normalized spacial score (nSPS) is 19.2. The summed E-state index contributed by atoms with van der Waals surface area (Å²) in [5.41, 5.74) is 5.99. The fourth-order valence-corrected chi connectivity index (χ4v) is 2.15. The van der Waals surface area contributed by atoms with E-state index in [0.717, 1.165) is 0 Å². The molecule has 1 heterocycles. The van der Waals surface area contributed by atoms with Crippen molar-refractivity contribution >= 4 is 22.0 Å². The molecule has 1 atom stereocenters. The zero-order valence-electron chi connectivity index (χ0n) is 9.78. The van der Waals surface area contributed by atoms with Crippen molar-refractivity contribution in [3.8, 4) is 0 Å². The lowest BCUT2D eigenvalue weighted by molar-refractivity contribution is -0.135. The molecule has 1 aromatic rings. The van der Waals surface area contributed by atoms with Crippen molar-refractivity contribution in [2.24, 2.45) is 10.7 Å². The van der Waals surface area contributed by atoms with Crippen molar-refractivity contribution in [3.05, 3.63) is 29.8 Å². The van der Waals surface area contributed by atoms with E-state index in [1.54, 1.807) is 0 Å². The molecule has 1 aliphatic heterocycles. The Morgan fingerprint density at radius 2 is 1.95 bits per heavy atom. The summed E-state index contributed by atoms with van der Waals surface area (Å²) in [7, 11) is -4.46. The van der Waals surface area contributed by atoms with Crippen LogP contribution in [-0.4, -0.2) is 37.4 Å². The summed E-state index contributed by atoms with van der Waals surface area (Å²) in [5.74, 6) is -0.297. The molecule has 2 rings (SSSR count). The zero-order valence-corrected chi connectivity index (χ0v) is 10.6.